The van der Waals surface area contributed by atoms with Crippen LogP contribution < -0.4 is 0 Å². The Hall–Kier alpha value is 0.170. The van der Waals surface area contributed by atoms with E-state index >= 15 is 0 Å². The van der Waals surface area contributed by atoms with Gasteiger partial charge in [0, 0.05) is 0 Å². The first-order valence-corrected chi connectivity index (χ1v) is 7.90. The highest BCUT2D eigenvalue weighted by atomic mass is 31.1. The smallest absolute Gasteiger partial charge is 0.0170 e. The molecule has 0 spiro atoms. The Morgan fingerprint density at radius 2 is 1.57 bits per heavy atom. The van der Waals surface area contributed by atoms with Gasteiger partial charge in [0.05, 0.1) is 0 Å². The SMILES string of the molecule is C1=C(P2C3CCCC2CCC3)CCC1. The first kappa shape index (κ1) is 9.40. The third-order valence-electron chi connectivity index (χ3n) is 4.28. The molecule has 0 nitrogen and oxygen atoms in total. The van der Waals surface area contributed by atoms with Crippen molar-refractivity contribution in [2.24, 2.45) is 0 Å². The van der Waals surface area contributed by atoms with E-state index in [4.69, 9.17) is 0 Å². The average molecular weight is 208 g/mol. The van der Waals surface area contributed by atoms with Gasteiger partial charge in [0.15, 0.2) is 0 Å². The van der Waals surface area contributed by atoms with Crippen LogP contribution in [0.2, 0.25) is 0 Å². The van der Waals surface area contributed by atoms with Crippen molar-refractivity contribution in [2.75, 3.05) is 0 Å². The molecule has 0 aromatic heterocycles. The summed E-state index contributed by atoms with van der Waals surface area (Å²) in [6, 6.07) is 0. The summed E-state index contributed by atoms with van der Waals surface area (Å²) in [6.45, 7) is 0. The monoisotopic (exact) mass is 208 g/mol. The van der Waals surface area contributed by atoms with Crippen LogP contribution in [0.3, 0.4) is 0 Å². The molecule has 3 aliphatic rings. The Balaban J connectivity index is 1.82. The number of hydrogen-bond acceptors (Lipinski definition) is 0. The van der Waals surface area contributed by atoms with Gasteiger partial charge < -0.3 is 0 Å². The highest BCUT2D eigenvalue weighted by Gasteiger charge is 2.37. The second-order valence-electron chi connectivity index (χ2n) is 5.16. The number of hydrogen-bond donors (Lipinski definition) is 0. The Morgan fingerprint density at radius 3 is 2.07 bits per heavy atom. The highest BCUT2D eigenvalue weighted by Crippen LogP contribution is 2.66. The van der Waals surface area contributed by atoms with E-state index in [9.17, 15) is 0 Å². The number of allylic oxidation sites excluding steroid dienone is 2. The fourth-order valence-electron chi connectivity index (χ4n) is 3.68. The first-order chi connectivity index (χ1) is 6.95. The molecule has 0 amide bonds. The summed E-state index contributed by atoms with van der Waals surface area (Å²) < 4.78 is 0. The zero-order chi connectivity index (χ0) is 9.38. The maximum atomic E-state index is 2.61. The molecule has 2 aliphatic heterocycles. The normalized spacial score (nSPS) is 42.3. The largest absolute Gasteiger partial charge is 0.0808 e. The summed E-state index contributed by atoms with van der Waals surface area (Å²) in [7, 11) is 0.350. The quantitative estimate of drug-likeness (QED) is 0.551. The van der Waals surface area contributed by atoms with Crippen molar-refractivity contribution in [1.29, 1.82) is 0 Å². The van der Waals surface area contributed by atoms with Gasteiger partial charge in [0.25, 0.3) is 0 Å². The molecule has 14 heavy (non-hydrogen) atoms. The first-order valence-electron chi connectivity index (χ1n) is 6.42. The predicted molar refractivity (Wildman–Crippen MR) is 64.1 cm³/mol. The van der Waals surface area contributed by atoms with Gasteiger partial charge in [-0.15, -0.1) is 0 Å². The van der Waals surface area contributed by atoms with Crippen LogP contribution in [0.4, 0.5) is 0 Å². The molecule has 0 aromatic carbocycles. The molecule has 2 saturated heterocycles. The van der Waals surface area contributed by atoms with Gasteiger partial charge in [-0.3, -0.25) is 0 Å². The molecule has 0 saturated carbocycles. The minimum absolute atomic E-state index is 0.350. The van der Waals surface area contributed by atoms with Gasteiger partial charge in [-0.1, -0.05) is 26.8 Å². The van der Waals surface area contributed by atoms with Crippen molar-refractivity contribution in [2.45, 2.75) is 69.1 Å². The summed E-state index contributed by atoms with van der Waals surface area (Å²) in [5.74, 6) is 0. The summed E-state index contributed by atoms with van der Waals surface area (Å²) in [4.78, 5) is 0. The molecule has 0 aromatic rings. The Kier molecular flexibility index (Phi) is 2.66. The van der Waals surface area contributed by atoms with E-state index in [1.165, 1.54) is 19.3 Å². The molecule has 0 atom stereocenters. The molecular formula is C13H21P. The molecule has 0 N–H and O–H groups in total. The van der Waals surface area contributed by atoms with Crippen LogP contribution in [-0.4, -0.2) is 11.3 Å². The van der Waals surface area contributed by atoms with Crippen LogP contribution in [0.5, 0.6) is 0 Å². The van der Waals surface area contributed by atoms with Crippen molar-refractivity contribution in [3.63, 3.8) is 0 Å². The van der Waals surface area contributed by atoms with Crippen molar-refractivity contribution < 1.29 is 0 Å². The van der Waals surface area contributed by atoms with Crippen molar-refractivity contribution in [3.8, 4) is 0 Å². The van der Waals surface area contributed by atoms with Gasteiger partial charge in [-0.05, 0) is 61.6 Å². The molecule has 1 heteroatoms. The summed E-state index contributed by atoms with van der Waals surface area (Å²) >= 11 is 0. The topological polar surface area (TPSA) is 0 Å². The van der Waals surface area contributed by atoms with Crippen molar-refractivity contribution >= 4 is 7.92 Å². The minimum Gasteiger partial charge on any atom is -0.0808 e. The fraction of sp³-hybridized carbons (Fsp3) is 0.846. The zero-order valence-corrected chi connectivity index (χ0v) is 9.94. The van der Waals surface area contributed by atoms with E-state index in [1.807, 2.05) is 5.31 Å². The van der Waals surface area contributed by atoms with E-state index in [-0.39, 0.29) is 0 Å². The van der Waals surface area contributed by atoms with E-state index in [0.717, 1.165) is 11.3 Å². The van der Waals surface area contributed by atoms with Gasteiger partial charge in [-0.25, -0.2) is 0 Å². The summed E-state index contributed by atoms with van der Waals surface area (Å²) in [5, 5.41) is 1.94. The van der Waals surface area contributed by atoms with Crippen LogP contribution in [0.1, 0.15) is 57.8 Å². The van der Waals surface area contributed by atoms with Crippen LogP contribution in [0.15, 0.2) is 11.4 Å². The zero-order valence-electron chi connectivity index (χ0n) is 9.04. The molecule has 0 unspecified atom stereocenters. The van der Waals surface area contributed by atoms with E-state index < -0.39 is 0 Å². The van der Waals surface area contributed by atoms with Crippen molar-refractivity contribution in [1.82, 2.24) is 0 Å². The lowest BCUT2D eigenvalue weighted by Gasteiger charge is -2.44. The molecule has 3 rings (SSSR count). The third-order valence-corrected chi connectivity index (χ3v) is 7.96. The van der Waals surface area contributed by atoms with Gasteiger partial charge in [-0.2, -0.15) is 0 Å². The summed E-state index contributed by atoms with van der Waals surface area (Å²) in [5.41, 5.74) is 2.31. The highest BCUT2D eigenvalue weighted by molar-refractivity contribution is 7.63. The molecule has 78 valence electrons. The van der Waals surface area contributed by atoms with E-state index in [2.05, 4.69) is 6.08 Å². The Bertz CT molecular complexity index is 222. The summed E-state index contributed by atoms with van der Waals surface area (Å²) in [6.07, 6.45) is 16.3. The van der Waals surface area contributed by atoms with Crippen molar-refractivity contribution in [3.05, 3.63) is 11.4 Å². The van der Waals surface area contributed by atoms with Gasteiger partial charge >= 0.3 is 0 Å². The second kappa shape index (κ2) is 3.97. The van der Waals surface area contributed by atoms with Crippen LogP contribution in [0.25, 0.3) is 0 Å². The Labute approximate surface area is 88.9 Å². The number of fused-ring (bicyclic) bond motifs is 2. The molecule has 0 radical (unpaired) electrons. The average Bonchev–Trinajstić information content (AvgIpc) is 2.69. The minimum atomic E-state index is 0.350. The molecule has 2 heterocycles. The standard InChI is InChI=1S/C13H21P/c1-2-6-11(5-1)14-12-7-3-8-13(14)10-4-9-12/h5,12-13H,1-4,6-10H2. The van der Waals surface area contributed by atoms with E-state index in [0.29, 0.717) is 7.92 Å². The lowest BCUT2D eigenvalue weighted by atomic mass is 9.99. The van der Waals surface area contributed by atoms with Crippen LogP contribution in [-0.2, 0) is 0 Å². The lowest BCUT2D eigenvalue weighted by molar-refractivity contribution is 0.477. The van der Waals surface area contributed by atoms with Gasteiger partial charge in [0.1, 0.15) is 0 Å². The molecule has 1 aliphatic carbocycles. The maximum Gasteiger partial charge on any atom is -0.0170 e. The predicted octanol–water partition coefficient (Wildman–Crippen LogP) is 4.64. The molecule has 2 bridgehead atoms. The third kappa shape index (κ3) is 1.56. The lowest BCUT2D eigenvalue weighted by Crippen LogP contribution is -2.26. The fourth-order valence-corrected chi connectivity index (χ4v) is 7.81. The van der Waals surface area contributed by atoms with Gasteiger partial charge in [0.2, 0.25) is 0 Å². The van der Waals surface area contributed by atoms with Crippen LogP contribution >= 0.6 is 7.92 Å². The second-order valence-corrected chi connectivity index (χ2v) is 8.01. The van der Waals surface area contributed by atoms with Crippen LogP contribution in [0, 0.1) is 0 Å². The molecule has 2 fully saturated rings. The maximum absolute atomic E-state index is 2.61. The molecular weight excluding hydrogens is 187 g/mol. The number of rotatable bonds is 1. The Morgan fingerprint density at radius 1 is 0.929 bits per heavy atom. The van der Waals surface area contributed by atoms with E-state index in [1.54, 1.807) is 38.5 Å².